The van der Waals surface area contributed by atoms with Crippen LogP contribution in [0.5, 0.6) is 11.5 Å². The van der Waals surface area contributed by atoms with Crippen LogP contribution in [0.3, 0.4) is 0 Å². The van der Waals surface area contributed by atoms with Gasteiger partial charge in [-0.15, -0.1) is 11.3 Å². The normalized spacial score (nSPS) is 10.7. The molecular formula is C23H17Cl2FN4OS. The molecule has 0 radical (unpaired) electrons. The van der Waals surface area contributed by atoms with Crippen molar-refractivity contribution in [2.75, 3.05) is 5.73 Å². The van der Waals surface area contributed by atoms with E-state index in [4.69, 9.17) is 33.7 Å². The molecule has 5 nitrogen and oxygen atoms in total. The van der Waals surface area contributed by atoms with Crippen molar-refractivity contribution < 1.29 is 9.13 Å². The van der Waals surface area contributed by atoms with Crippen LogP contribution in [0, 0.1) is 5.82 Å². The molecule has 0 saturated carbocycles. The van der Waals surface area contributed by atoms with Gasteiger partial charge in [0.15, 0.2) is 11.6 Å². The largest absolute Gasteiger partial charge is 0.453 e. The van der Waals surface area contributed by atoms with E-state index in [2.05, 4.69) is 21.9 Å². The number of pyridine rings is 1. The first-order valence-electron chi connectivity index (χ1n) is 9.40. The van der Waals surface area contributed by atoms with E-state index in [-0.39, 0.29) is 23.1 Å². The van der Waals surface area contributed by atoms with Crippen molar-refractivity contribution in [3.8, 4) is 22.1 Å². The third-order valence-electron chi connectivity index (χ3n) is 4.48. The molecule has 9 heteroatoms. The van der Waals surface area contributed by atoms with Crippen molar-refractivity contribution in [3.05, 3.63) is 93.9 Å². The molecular weight excluding hydrogens is 470 g/mol. The lowest BCUT2D eigenvalue weighted by Gasteiger charge is -2.14. The number of nitrogens with two attached hydrogens (primary N) is 1. The smallest absolute Gasteiger partial charge is 0.181 e. The molecule has 162 valence electrons. The fraction of sp³-hybridized carbons (Fsp3) is 0.0435. The number of nitrogens with one attached hydrogen (secondary N) is 1. The summed E-state index contributed by atoms with van der Waals surface area (Å²) in [7, 11) is 0. The van der Waals surface area contributed by atoms with E-state index in [9.17, 15) is 0 Å². The predicted octanol–water partition coefficient (Wildman–Crippen LogP) is 6.79. The van der Waals surface area contributed by atoms with Crippen LogP contribution in [0.2, 0.25) is 10.0 Å². The van der Waals surface area contributed by atoms with Crippen LogP contribution in [0.4, 0.5) is 10.1 Å². The predicted molar refractivity (Wildman–Crippen MR) is 129 cm³/mol. The molecule has 0 amide bonds. The first-order valence-corrected chi connectivity index (χ1v) is 11.0. The van der Waals surface area contributed by atoms with Crippen LogP contribution in [0.25, 0.3) is 16.3 Å². The Balaban J connectivity index is 1.48. The first kappa shape index (κ1) is 22.1. The van der Waals surface area contributed by atoms with E-state index in [0.29, 0.717) is 27.7 Å². The lowest BCUT2D eigenvalue weighted by atomic mass is 10.2. The van der Waals surface area contributed by atoms with Gasteiger partial charge in [0.2, 0.25) is 0 Å². The van der Waals surface area contributed by atoms with Gasteiger partial charge < -0.3 is 15.8 Å². The molecule has 0 fully saturated rings. The van der Waals surface area contributed by atoms with Crippen LogP contribution >= 0.6 is 34.5 Å². The van der Waals surface area contributed by atoms with Crippen LogP contribution in [-0.2, 0) is 6.54 Å². The molecule has 2 aromatic heterocycles. The van der Waals surface area contributed by atoms with Gasteiger partial charge in [-0.3, -0.25) is 4.98 Å². The van der Waals surface area contributed by atoms with Crippen molar-refractivity contribution >= 4 is 45.9 Å². The maximum atomic E-state index is 15.1. The lowest BCUT2D eigenvalue weighted by molar-refractivity contribution is 0.438. The molecule has 0 unspecified atom stereocenters. The maximum Gasteiger partial charge on any atom is 0.181 e. The Kier molecular flexibility index (Phi) is 6.60. The highest BCUT2D eigenvalue weighted by Crippen LogP contribution is 2.35. The Morgan fingerprint density at radius 1 is 1.16 bits per heavy atom. The number of rotatable bonds is 7. The van der Waals surface area contributed by atoms with Crippen molar-refractivity contribution in [3.63, 3.8) is 0 Å². The summed E-state index contributed by atoms with van der Waals surface area (Å²) in [5, 5.41) is 6.35. The second-order valence-corrected chi connectivity index (χ2v) is 8.48. The van der Waals surface area contributed by atoms with Gasteiger partial charge in [0.05, 0.1) is 16.4 Å². The summed E-state index contributed by atoms with van der Waals surface area (Å²) < 4.78 is 20.8. The summed E-state index contributed by atoms with van der Waals surface area (Å²) >= 11 is 13.7. The lowest BCUT2D eigenvalue weighted by Crippen LogP contribution is -2.12. The minimum atomic E-state index is -0.591. The van der Waals surface area contributed by atoms with E-state index in [1.807, 2.05) is 17.5 Å². The summed E-state index contributed by atoms with van der Waals surface area (Å²) in [6.07, 6.45) is 3.42. The van der Waals surface area contributed by atoms with Gasteiger partial charge in [0.25, 0.3) is 0 Å². The molecule has 3 N–H and O–H groups in total. The molecule has 0 atom stereocenters. The molecule has 0 bridgehead atoms. The molecule has 0 aliphatic rings. The Labute approximate surface area is 198 Å². The molecule has 0 spiro atoms. The van der Waals surface area contributed by atoms with Crippen LogP contribution in [0.1, 0.15) is 11.3 Å². The number of thiazole rings is 1. The quantitative estimate of drug-likeness (QED) is 0.281. The molecule has 0 saturated heterocycles. The molecule has 4 aromatic rings. The third kappa shape index (κ3) is 5.02. The fourth-order valence-electron chi connectivity index (χ4n) is 2.90. The highest BCUT2D eigenvalue weighted by atomic mass is 35.5. The molecule has 2 heterocycles. The second-order valence-electron chi connectivity index (χ2n) is 6.78. The third-order valence-corrected chi connectivity index (χ3v) is 5.88. The number of anilines is 1. The zero-order valence-corrected chi connectivity index (χ0v) is 18.9. The number of benzene rings is 2. The van der Waals surface area contributed by atoms with Gasteiger partial charge in [-0.05, 0) is 30.3 Å². The average Bonchev–Trinajstić information content (AvgIpc) is 3.26. The Morgan fingerprint density at radius 3 is 2.69 bits per heavy atom. The number of hydrogen-bond acceptors (Lipinski definition) is 6. The SMILES string of the molecule is C=C(NCc1ccc(Cl)c(Oc2cc(N)cc(Cl)c2)c1F)c1csc(-c2ccncc2)n1. The van der Waals surface area contributed by atoms with Crippen LogP contribution < -0.4 is 15.8 Å². The van der Waals surface area contributed by atoms with Gasteiger partial charge >= 0.3 is 0 Å². The van der Waals surface area contributed by atoms with Crippen molar-refractivity contribution in [2.24, 2.45) is 0 Å². The average molecular weight is 487 g/mol. The number of nitrogens with zero attached hydrogens (tertiary/aromatic N) is 2. The van der Waals surface area contributed by atoms with E-state index >= 15 is 4.39 Å². The molecule has 0 aliphatic carbocycles. The van der Waals surface area contributed by atoms with Gasteiger partial charge in [-0.25, -0.2) is 9.37 Å². The molecule has 32 heavy (non-hydrogen) atoms. The van der Waals surface area contributed by atoms with Crippen molar-refractivity contribution in [1.82, 2.24) is 15.3 Å². The number of nitrogen functional groups attached to an aromatic ring is 1. The standard InChI is InChI=1S/C23H17Cl2FN4OS/c1-13(20-12-32-23(30-20)14-4-6-28-7-5-14)29-11-15-2-3-19(25)22(21(15)26)31-18-9-16(24)8-17(27)10-18/h2-10,12,29H,1,11,27H2. The summed E-state index contributed by atoms with van der Waals surface area (Å²) in [6, 6.07) is 11.6. The Morgan fingerprint density at radius 2 is 1.94 bits per heavy atom. The number of halogens is 3. The zero-order chi connectivity index (χ0) is 22.7. The second kappa shape index (κ2) is 9.56. The van der Waals surface area contributed by atoms with Crippen LogP contribution in [0.15, 0.2) is 66.8 Å². The monoisotopic (exact) mass is 486 g/mol. The molecule has 0 aliphatic heterocycles. The minimum Gasteiger partial charge on any atom is -0.453 e. The molecule has 2 aromatic carbocycles. The Hall–Kier alpha value is -3.13. The zero-order valence-electron chi connectivity index (χ0n) is 16.6. The topological polar surface area (TPSA) is 73.1 Å². The highest BCUT2D eigenvalue weighted by molar-refractivity contribution is 7.13. The van der Waals surface area contributed by atoms with Crippen molar-refractivity contribution in [2.45, 2.75) is 6.54 Å². The number of hydrogen-bond donors (Lipinski definition) is 2. The first-order chi connectivity index (χ1) is 15.4. The van der Waals surface area contributed by atoms with E-state index < -0.39 is 5.82 Å². The van der Waals surface area contributed by atoms with E-state index in [0.717, 1.165) is 10.6 Å². The number of ether oxygens (including phenoxy) is 1. The summed E-state index contributed by atoms with van der Waals surface area (Å²) in [4.78, 5) is 8.60. The van der Waals surface area contributed by atoms with Gasteiger partial charge in [0, 0.05) is 52.2 Å². The highest BCUT2D eigenvalue weighted by Gasteiger charge is 2.16. The van der Waals surface area contributed by atoms with Gasteiger partial charge in [-0.1, -0.05) is 35.8 Å². The number of aromatic nitrogens is 2. The summed E-state index contributed by atoms with van der Waals surface area (Å²) in [5.41, 5.74) is 8.74. The maximum absolute atomic E-state index is 15.1. The summed E-state index contributed by atoms with van der Waals surface area (Å²) in [5.74, 6) is -0.407. The Bertz CT molecular complexity index is 1260. The van der Waals surface area contributed by atoms with E-state index in [1.165, 1.54) is 23.5 Å². The van der Waals surface area contributed by atoms with Crippen molar-refractivity contribution in [1.29, 1.82) is 0 Å². The molecule has 4 rings (SSSR count). The fourth-order valence-corrected chi connectivity index (χ4v) is 4.16. The van der Waals surface area contributed by atoms with E-state index in [1.54, 1.807) is 30.6 Å². The summed E-state index contributed by atoms with van der Waals surface area (Å²) in [6.45, 7) is 4.18. The minimum absolute atomic E-state index is 0.105. The van der Waals surface area contributed by atoms with Gasteiger partial charge in [0.1, 0.15) is 10.8 Å². The van der Waals surface area contributed by atoms with Crippen LogP contribution in [-0.4, -0.2) is 9.97 Å². The van der Waals surface area contributed by atoms with Gasteiger partial charge in [-0.2, -0.15) is 0 Å².